The molecule has 0 aromatic heterocycles. The predicted molar refractivity (Wildman–Crippen MR) is 53.0 cm³/mol. The molecule has 0 spiro atoms. The van der Waals surface area contributed by atoms with E-state index in [2.05, 4.69) is 4.90 Å². The van der Waals surface area contributed by atoms with Crippen molar-refractivity contribution in [1.82, 2.24) is 4.90 Å². The summed E-state index contributed by atoms with van der Waals surface area (Å²) < 4.78 is 12.0. The summed E-state index contributed by atoms with van der Waals surface area (Å²) >= 11 is 6.14. The lowest BCUT2D eigenvalue weighted by molar-refractivity contribution is 0.137. The van der Waals surface area contributed by atoms with Crippen molar-refractivity contribution in [2.24, 2.45) is 0 Å². The maximum atomic E-state index is 12.0. The van der Waals surface area contributed by atoms with Gasteiger partial charge in [0, 0.05) is 24.0 Å². The first-order chi connectivity index (χ1) is 6.31. The van der Waals surface area contributed by atoms with Crippen LogP contribution in [-0.2, 0) is 0 Å². The molecular weight excluding hydrogens is 189 g/mol. The molecule has 2 aliphatic heterocycles. The lowest BCUT2D eigenvalue weighted by atomic mass is 10.0. The highest BCUT2D eigenvalue weighted by Crippen LogP contribution is 2.37. The summed E-state index contributed by atoms with van der Waals surface area (Å²) in [5.41, 5.74) is 0. The fourth-order valence-corrected chi connectivity index (χ4v) is 3.23. The number of piperidine rings is 1. The van der Waals surface area contributed by atoms with E-state index in [1.165, 1.54) is 12.8 Å². The van der Waals surface area contributed by atoms with E-state index < -0.39 is 0 Å². The topological polar surface area (TPSA) is 3.24 Å². The molecule has 2 atom stereocenters. The second-order valence-electron chi connectivity index (χ2n) is 4.23. The molecule has 0 saturated carbocycles. The molecule has 3 heteroatoms. The van der Waals surface area contributed by atoms with Gasteiger partial charge in [-0.2, -0.15) is 0 Å². The van der Waals surface area contributed by atoms with Crippen LogP contribution in [-0.4, -0.2) is 35.6 Å². The van der Waals surface area contributed by atoms with Crippen molar-refractivity contribution in [3.63, 3.8) is 0 Å². The van der Waals surface area contributed by atoms with Gasteiger partial charge in [0.1, 0.15) is 0 Å². The molecule has 1 nitrogen and oxygen atoms in total. The Hall–Kier alpha value is 0.180. The Labute approximate surface area is 84.2 Å². The number of fused-ring (bicyclic) bond motifs is 2. The van der Waals surface area contributed by atoms with Crippen LogP contribution in [0.2, 0.25) is 0 Å². The summed E-state index contributed by atoms with van der Waals surface area (Å²) in [5, 5.41) is 0.374. The molecular formula is C10H17ClFN. The van der Waals surface area contributed by atoms with Gasteiger partial charge in [-0.3, -0.25) is 9.29 Å². The third kappa shape index (κ3) is 1.99. The number of hydrogen-bond donors (Lipinski definition) is 0. The van der Waals surface area contributed by atoms with Crippen molar-refractivity contribution in [3.05, 3.63) is 0 Å². The van der Waals surface area contributed by atoms with Crippen molar-refractivity contribution < 1.29 is 4.39 Å². The minimum atomic E-state index is -0.180. The van der Waals surface area contributed by atoms with Crippen molar-refractivity contribution in [2.75, 3.05) is 13.2 Å². The highest BCUT2D eigenvalue weighted by Gasteiger charge is 2.39. The molecule has 0 amide bonds. The van der Waals surface area contributed by atoms with Crippen molar-refractivity contribution in [2.45, 2.75) is 49.6 Å². The quantitative estimate of drug-likeness (QED) is 0.641. The van der Waals surface area contributed by atoms with Crippen molar-refractivity contribution in [1.29, 1.82) is 0 Å². The summed E-state index contributed by atoms with van der Waals surface area (Å²) in [4.78, 5) is 2.48. The molecule has 13 heavy (non-hydrogen) atoms. The second kappa shape index (κ2) is 4.14. The van der Waals surface area contributed by atoms with E-state index in [4.69, 9.17) is 11.6 Å². The van der Waals surface area contributed by atoms with Crippen LogP contribution < -0.4 is 0 Å². The van der Waals surface area contributed by atoms with Gasteiger partial charge in [-0.1, -0.05) is 0 Å². The standard InChI is InChI=1S/C10H17ClFN/c11-8-6-9-2-3-10(7-8)13(9)5-1-4-12/h8-10H,1-7H2. The molecule has 2 bridgehead atoms. The maximum Gasteiger partial charge on any atom is 0.0906 e. The van der Waals surface area contributed by atoms with Gasteiger partial charge < -0.3 is 0 Å². The Kier molecular flexibility index (Phi) is 3.10. The monoisotopic (exact) mass is 205 g/mol. The smallest absolute Gasteiger partial charge is 0.0906 e. The normalized spacial score (nSPS) is 39.7. The lowest BCUT2D eigenvalue weighted by Crippen LogP contribution is -2.43. The molecule has 2 heterocycles. The molecule has 2 rings (SSSR count). The summed E-state index contributed by atoms with van der Waals surface area (Å²) in [5.74, 6) is 0. The number of halogens is 2. The van der Waals surface area contributed by atoms with Gasteiger partial charge in [-0.25, -0.2) is 0 Å². The van der Waals surface area contributed by atoms with E-state index in [0.29, 0.717) is 23.9 Å². The van der Waals surface area contributed by atoms with Crippen LogP contribution in [0.25, 0.3) is 0 Å². The second-order valence-corrected chi connectivity index (χ2v) is 4.85. The van der Waals surface area contributed by atoms with E-state index in [1.54, 1.807) is 0 Å². The molecule has 76 valence electrons. The van der Waals surface area contributed by atoms with E-state index >= 15 is 0 Å². The molecule has 2 saturated heterocycles. The van der Waals surface area contributed by atoms with Crippen LogP contribution in [0.1, 0.15) is 32.1 Å². The lowest BCUT2D eigenvalue weighted by Gasteiger charge is -2.36. The van der Waals surface area contributed by atoms with Crippen LogP contribution in [0, 0.1) is 0 Å². The highest BCUT2D eigenvalue weighted by molar-refractivity contribution is 6.20. The summed E-state index contributed by atoms with van der Waals surface area (Å²) in [6.07, 6.45) is 5.48. The van der Waals surface area contributed by atoms with Gasteiger partial charge >= 0.3 is 0 Å². The Morgan fingerprint density at radius 3 is 2.38 bits per heavy atom. The summed E-state index contributed by atoms with van der Waals surface area (Å²) in [6, 6.07) is 1.32. The zero-order valence-corrected chi connectivity index (χ0v) is 8.64. The molecule has 0 aromatic carbocycles. The van der Waals surface area contributed by atoms with Gasteiger partial charge in [0.05, 0.1) is 6.67 Å². The summed E-state index contributed by atoms with van der Waals surface area (Å²) in [6.45, 7) is 0.760. The third-order valence-corrected chi connectivity index (χ3v) is 3.73. The number of hydrogen-bond acceptors (Lipinski definition) is 1. The van der Waals surface area contributed by atoms with E-state index in [9.17, 15) is 4.39 Å². The Morgan fingerprint density at radius 2 is 1.85 bits per heavy atom. The van der Waals surface area contributed by atoms with Gasteiger partial charge in [-0.15, -0.1) is 11.6 Å². The minimum absolute atomic E-state index is 0.180. The van der Waals surface area contributed by atoms with Crippen molar-refractivity contribution in [3.8, 4) is 0 Å². The van der Waals surface area contributed by atoms with Crippen LogP contribution in [0.5, 0.6) is 0 Å². The Bertz CT molecular complexity index is 162. The van der Waals surface area contributed by atoms with Crippen LogP contribution >= 0.6 is 11.6 Å². The minimum Gasteiger partial charge on any atom is -0.297 e. The Balaban J connectivity index is 1.90. The zero-order valence-electron chi connectivity index (χ0n) is 7.88. The van der Waals surface area contributed by atoms with E-state index in [1.807, 2.05) is 0 Å². The SMILES string of the molecule is FCCCN1C2CCC1CC(Cl)C2. The molecule has 0 aromatic rings. The number of nitrogens with zero attached hydrogens (tertiary/aromatic N) is 1. The van der Waals surface area contributed by atoms with Gasteiger partial charge in [-0.05, 0) is 32.1 Å². The first kappa shape index (κ1) is 9.72. The molecule has 2 unspecified atom stereocenters. The Morgan fingerprint density at radius 1 is 1.23 bits per heavy atom. The number of rotatable bonds is 3. The van der Waals surface area contributed by atoms with E-state index in [-0.39, 0.29) is 6.67 Å². The first-order valence-corrected chi connectivity index (χ1v) is 5.70. The number of alkyl halides is 2. The predicted octanol–water partition coefficient (Wildman–Crippen LogP) is 2.58. The summed E-state index contributed by atoms with van der Waals surface area (Å²) in [7, 11) is 0. The van der Waals surface area contributed by atoms with Gasteiger partial charge in [0.25, 0.3) is 0 Å². The third-order valence-electron chi connectivity index (χ3n) is 3.38. The average molecular weight is 206 g/mol. The van der Waals surface area contributed by atoms with Crippen LogP contribution in [0.15, 0.2) is 0 Å². The van der Waals surface area contributed by atoms with E-state index in [0.717, 1.165) is 19.4 Å². The van der Waals surface area contributed by atoms with Gasteiger partial charge in [0.15, 0.2) is 0 Å². The first-order valence-electron chi connectivity index (χ1n) is 5.27. The molecule has 2 fully saturated rings. The molecule has 0 radical (unpaired) electrons. The van der Waals surface area contributed by atoms with Crippen LogP contribution in [0.3, 0.4) is 0 Å². The average Bonchev–Trinajstić information content (AvgIpc) is 2.33. The fourth-order valence-electron chi connectivity index (χ4n) is 2.82. The zero-order chi connectivity index (χ0) is 9.26. The van der Waals surface area contributed by atoms with Crippen molar-refractivity contribution >= 4 is 11.6 Å². The fraction of sp³-hybridized carbons (Fsp3) is 1.00. The highest BCUT2D eigenvalue weighted by atomic mass is 35.5. The van der Waals surface area contributed by atoms with Crippen LogP contribution in [0.4, 0.5) is 4.39 Å². The molecule has 2 aliphatic rings. The van der Waals surface area contributed by atoms with Gasteiger partial charge in [0.2, 0.25) is 0 Å². The molecule has 0 N–H and O–H groups in total. The maximum absolute atomic E-state index is 12.0. The molecule has 0 aliphatic carbocycles. The largest absolute Gasteiger partial charge is 0.297 e.